The van der Waals surface area contributed by atoms with Crippen LogP contribution in [-0.2, 0) is 13.1 Å². The van der Waals surface area contributed by atoms with Gasteiger partial charge in [0.25, 0.3) is 5.69 Å². The molecule has 0 unspecified atom stereocenters. The zero-order valence-corrected chi connectivity index (χ0v) is 12.6. The molecule has 0 N–H and O–H groups in total. The van der Waals surface area contributed by atoms with E-state index in [1.54, 1.807) is 12.1 Å². The Balaban J connectivity index is 1.80. The van der Waals surface area contributed by atoms with E-state index in [0.717, 1.165) is 13.1 Å². The summed E-state index contributed by atoms with van der Waals surface area (Å²) in [6.45, 7) is 1.49. The number of pyridine rings is 1. The molecule has 0 fully saturated rings. The van der Waals surface area contributed by atoms with Gasteiger partial charge in [-0.15, -0.1) is 0 Å². The highest BCUT2D eigenvalue weighted by Gasteiger charge is 2.21. The van der Waals surface area contributed by atoms with Crippen LogP contribution in [0.3, 0.4) is 0 Å². The normalized spacial score (nSPS) is 12.9. The van der Waals surface area contributed by atoms with Crippen LogP contribution in [0.15, 0.2) is 48.5 Å². The molecule has 0 spiro atoms. The monoisotopic (exact) mass is 316 g/mol. The summed E-state index contributed by atoms with van der Waals surface area (Å²) in [6.07, 6.45) is 0. The number of aromatic nitrogens is 1. The van der Waals surface area contributed by atoms with Crippen molar-refractivity contribution in [1.82, 2.24) is 4.98 Å². The lowest BCUT2D eigenvalue weighted by molar-refractivity contribution is -0.384. The number of nitriles is 1. The fraction of sp³-hybridized carbons (Fsp3) is 0.111. The van der Waals surface area contributed by atoms with Crippen LogP contribution in [0.25, 0.3) is 10.9 Å². The number of hydrogen-bond acceptors (Lipinski definition) is 5. The highest BCUT2D eigenvalue weighted by Crippen LogP contribution is 2.31. The van der Waals surface area contributed by atoms with Crippen LogP contribution in [0.1, 0.15) is 16.7 Å². The van der Waals surface area contributed by atoms with Gasteiger partial charge in [0.2, 0.25) is 0 Å². The molecule has 6 nitrogen and oxygen atoms in total. The van der Waals surface area contributed by atoms with E-state index in [1.165, 1.54) is 23.3 Å². The molecule has 2 heterocycles. The SMILES string of the molecule is N#Cc1cc(N2Cc3ccccc3C2)nc2ccc([N+](=O)[O-])cc12. The van der Waals surface area contributed by atoms with E-state index < -0.39 is 4.92 Å². The molecule has 0 radical (unpaired) electrons. The number of nitro benzene ring substituents is 1. The van der Waals surface area contributed by atoms with Crippen LogP contribution in [0, 0.1) is 21.4 Å². The molecule has 0 aliphatic carbocycles. The first kappa shape index (κ1) is 14.2. The lowest BCUT2D eigenvalue weighted by atomic mass is 10.1. The number of rotatable bonds is 2. The van der Waals surface area contributed by atoms with Gasteiger partial charge < -0.3 is 4.90 Å². The fourth-order valence-corrected chi connectivity index (χ4v) is 3.06. The Morgan fingerprint density at radius 1 is 1.12 bits per heavy atom. The Morgan fingerprint density at radius 2 is 1.83 bits per heavy atom. The summed E-state index contributed by atoms with van der Waals surface area (Å²) in [5, 5.41) is 20.9. The average molecular weight is 316 g/mol. The first-order chi connectivity index (χ1) is 11.7. The van der Waals surface area contributed by atoms with Crippen LogP contribution in [-0.4, -0.2) is 9.91 Å². The molecular weight excluding hydrogens is 304 g/mol. The maximum atomic E-state index is 10.9. The van der Waals surface area contributed by atoms with Gasteiger partial charge in [-0.3, -0.25) is 10.1 Å². The summed E-state index contributed by atoms with van der Waals surface area (Å²) in [5.41, 5.74) is 3.45. The second-order valence-corrected chi connectivity index (χ2v) is 5.72. The average Bonchev–Trinajstić information content (AvgIpc) is 3.04. The number of non-ortho nitro benzene ring substituents is 1. The molecule has 1 aliphatic rings. The van der Waals surface area contributed by atoms with E-state index in [9.17, 15) is 15.4 Å². The smallest absolute Gasteiger partial charge is 0.270 e. The molecule has 4 rings (SSSR count). The molecule has 2 aromatic carbocycles. The van der Waals surface area contributed by atoms with Crippen LogP contribution < -0.4 is 4.90 Å². The van der Waals surface area contributed by atoms with Crippen LogP contribution in [0.4, 0.5) is 11.5 Å². The Morgan fingerprint density at radius 3 is 2.46 bits per heavy atom. The molecule has 1 aromatic heterocycles. The van der Waals surface area contributed by atoms with Crippen molar-refractivity contribution in [3.63, 3.8) is 0 Å². The van der Waals surface area contributed by atoms with Crippen LogP contribution in [0.2, 0.25) is 0 Å². The molecular formula is C18H12N4O2. The summed E-state index contributed by atoms with van der Waals surface area (Å²) in [6, 6.07) is 16.5. The molecule has 24 heavy (non-hydrogen) atoms. The van der Waals surface area contributed by atoms with E-state index in [-0.39, 0.29) is 5.69 Å². The lowest BCUT2D eigenvalue weighted by Crippen LogP contribution is -2.16. The molecule has 0 bridgehead atoms. The van der Waals surface area contributed by atoms with Crippen LogP contribution >= 0.6 is 0 Å². The van der Waals surface area contributed by atoms with Crippen molar-refractivity contribution < 1.29 is 4.92 Å². The van der Waals surface area contributed by atoms with Gasteiger partial charge in [-0.25, -0.2) is 4.98 Å². The third-order valence-corrected chi connectivity index (χ3v) is 4.27. The summed E-state index contributed by atoms with van der Waals surface area (Å²) in [5.74, 6) is 0.712. The van der Waals surface area contributed by atoms with E-state index in [4.69, 9.17) is 0 Å². The largest absolute Gasteiger partial charge is 0.348 e. The molecule has 0 amide bonds. The third-order valence-electron chi connectivity index (χ3n) is 4.27. The standard InChI is InChI=1S/C18H12N4O2/c19-9-14-7-18(21-10-12-3-1-2-4-13(12)11-21)20-17-6-5-15(22(23)24)8-16(14)17/h1-8H,10-11H2. The minimum atomic E-state index is -0.467. The van der Waals surface area contributed by atoms with Crippen molar-refractivity contribution in [1.29, 1.82) is 5.26 Å². The number of hydrogen-bond donors (Lipinski definition) is 0. The van der Waals surface area contributed by atoms with Crippen molar-refractivity contribution in [2.45, 2.75) is 13.1 Å². The third kappa shape index (κ3) is 2.23. The Hall–Kier alpha value is -3.46. The van der Waals surface area contributed by atoms with Crippen LogP contribution in [0.5, 0.6) is 0 Å². The minimum absolute atomic E-state index is 0.0397. The molecule has 3 aromatic rings. The zero-order chi connectivity index (χ0) is 16.7. The maximum absolute atomic E-state index is 10.9. The topological polar surface area (TPSA) is 83.1 Å². The predicted molar refractivity (Wildman–Crippen MR) is 89.4 cm³/mol. The number of fused-ring (bicyclic) bond motifs is 2. The van der Waals surface area contributed by atoms with Crippen molar-refractivity contribution in [2.24, 2.45) is 0 Å². The number of nitrogens with zero attached hydrogens (tertiary/aromatic N) is 4. The van der Waals surface area contributed by atoms with Gasteiger partial charge in [0.1, 0.15) is 5.82 Å². The number of anilines is 1. The summed E-state index contributed by atoms with van der Waals surface area (Å²) in [4.78, 5) is 17.2. The highest BCUT2D eigenvalue weighted by molar-refractivity contribution is 5.88. The first-order valence-corrected chi connectivity index (χ1v) is 7.47. The van der Waals surface area contributed by atoms with Gasteiger partial charge in [-0.05, 0) is 23.3 Å². The van der Waals surface area contributed by atoms with E-state index >= 15 is 0 Å². The van der Waals surface area contributed by atoms with E-state index in [2.05, 4.69) is 28.1 Å². The quantitative estimate of drug-likeness (QED) is 0.533. The van der Waals surface area contributed by atoms with Crippen molar-refractivity contribution in [2.75, 3.05) is 4.90 Å². The van der Waals surface area contributed by atoms with Gasteiger partial charge in [0.15, 0.2) is 0 Å². The Labute approximate surface area is 137 Å². The minimum Gasteiger partial charge on any atom is -0.348 e. The second-order valence-electron chi connectivity index (χ2n) is 5.72. The van der Waals surface area contributed by atoms with Gasteiger partial charge in [-0.2, -0.15) is 5.26 Å². The zero-order valence-electron chi connectivity index (χ0n) is 12.6. The summed E-state index contributed by atoms with van der Waals surface area (Å²) >= 11 is 0. The first-order valence-electron chi connectivity index (χ1n) is 7.47. The predicted octanol–water partition coefficient (Wildman–Crippen LogP) is 3.53. The van der Waals surface area contributed by atoms with Crippen molar-refractivity contribution in [3.05, 3.63) is 75.3 Å². The fourth-order valence-electron chi connectivity index (χ4n) is 3.06. The highest BCUT2D eigenvalue weighted by atomic mass is 16.6. The number of benzene rings is 2. The Kier molecular flexibility index (Phi) is 3.14. The lowest BCUT2D eigenvalue weighted by Gasteiger charge is -2.17. The molecule has 0 atom stereocenters. The molecule has 0 saturated carbocycles. The molecule has 6 heteroatoms. The summed E-state index contributed by atoms with van der Waals surface area (Å²) in [7, 11) is 0. The second kappa shape index (κ2) is 5.32. The molecule has 1 aliphatic heterocycles. The molecule has 116 valence electrons. The van der Waals surface area contributed by atoms with Gasteiger partial charge >= 0.3 is 0 Å². The van der Waals surface area contributed by atoms with Gasteiger partial charge in [0, 0.05) is 30.6 Å². The van der Waals surface area contributed by atoms with Crippen molar-refractivity contribution >= 4 is 22.4 Å². The summed E-state index contributed by atoms with van der Waals surface area (Å²) < 4.78 is 0. The van der Waals surface area contributed by atoms with Gasteiger partial charge in [-0.1, -0.05) is 24.3 Å². The van der Waals surface area contributed by atoms with E-state index in [1.807, 2.05) is 12.1 Å². The van der Waals surface area contributed by atoms with Gasteiger partial charge in [0.05, 0.1) is 22.1 Å². The Bertz CT molecular complexity index is 998. The van der Waals surface area contributed by atoms with E-state index in [0.29, 0.717) is 22.3 Å². The maximum Gasteiger partial charge on any atom is 0.270 e. The molecule has 0 saturated heterocycles. The number of nitro groups is 1. The van der Waals surface area contributed by atoms with Crippen molar-refractivity contribution in [3.8, 4) is 6.07 Å².